The van der Waals surface area contributed by atoms with Gasteiger partial charge in [-0.2, -0.15) is 5.26 Å². The lowest BCUT2D eigenvalue weighted by atomic mass is 10.1. The van der Waals surface area contributed by atoms with Crippen molar-refractivity contribution in [1.82, 2.24) is 5.32 Å². The molecule has 1 atom stereocenters. The van der Waals surface area contributed by atoms with Gasteiger partial charge >= 0.3 is 12.0 Å². The van der Waals surface area contributed by atoms with E-state index in [1.165, 1.54) is 12.1 Å². The van der Waals surface area contributed by atoms with E-state index in [1.807, 2.05) is 13.0 Å². The fourth-order valence-corrected chi connectivity index (χ4v) is 2.02. The third-order valence-corrected chi connectivity index (χ3v) is 2.98. The average Bonchev–Trinajstić information content (AvgIpc) is 2.38. The summed E-state index contributed by atoms with van der Waals surface area (Å²) in [5, 5.41) is 23.3. The third kappa shape index (κ3) is 5.71. The summed E-state index contributed by atoms with van der Waals surface area (Å²) in [6.07, 6.45) is 1.15. The Labute approximate surface area is 127 Å². The standard InChI is InChI=1S/C14H16ClN3O3/c1-2-3-11(7-13(19)20)17-14(21)18-12-6-10(15)5-4-9(12)8-16/h4-6,11H,2-3,7H2,1H3,(H,19,20)(H2,17,18,21). The summed E-state index contributed by atoms with van der Waals surface area (Å²) >= 11 is 5.82. The molecule has 21 heavy (non-hydrogen) atoms. The van der Waals surface area contributed by atoms with E-state index in [1.54, 1.807) is 6.07 Å². The number of hydrogen-bond acceptors (Lipinski definition) is 3. The normalized spacial score (nSPS) is 11.3. The Bertz CT molecular complexity index is 569. The van der Waals surface area contributed by atoms with Gasteiger partial charge in [-0.25, -0.2) is 4.79 Å². The van der Waals surface area contributed by atoms with Crippen molar-refractivity contribution in [2.45, 2.75) is 32.2 Å². The van der Waals surface area contributed by atoms with Crippen molar-refractivity contribution in [1.29, 1.82) is 5.26 Å². The summed E-state index contributed by atoms with van der Waals surface area (Å²) in [7, 11) is 0. The van der Waals surface area contributed by atoms with E-state index in [0.29, 0.717) is 11.4 Å². The summed E-state index contributed by atoms with van der Waals surface area (Å²) in [6, 6.07) is 5.43. The molecule has 112 valence electrons. The molecule has 0 fully saturated rings. The number of carboxylic acids is 1. The number of amides is 2. The van der Waals surface area contributed by atoms with Crippen molar-refractivity contribution in [3.8, 4) is 6.07 Å². The van der Waals surface area contributed by atoms with E-state index in [2.05, 4.69) is 10.6 Å². The first-order valence-electron chi connectivity index (χ1n) is 6.45. The number of benzene rings is 1. The number of urea groups is 1. The molecule has 1 rings (SSSR count). The van der Waals surface area contributed by atoms with Crippen LogP contribution in [0.1, 0.15) is 31.7 Å². The summed E-state index contributed by atoms with van der Waals surface area (Å²) < 4.78 is 0. The van der Waals surface area contributed by atoms with Crippen LogP contribution in [-0.2, 0) is 4.79 Å². The number of nitriles is 1. The minimum absolute atomic E-state index is 0.151. The molecule has 0 aliphatic rings. The zero-order valence-electron chi connectivity index (χ0n) is 11.5. The number of carbonyl (C=O) groups is 2. The highest BCUT2D eigenvalue weighted by molar-refractivity contribution is 6.31. The van der Waals surface area contributed by atoms with Crippen LogP contribution in [0, 0.1) is 11.3 Å². The molecule has 0 aliphatic carbocycles. The van der Waals surface area contributed by atoms with Crippen LogP contribution in [0.2, 0.25) is 5.02 Å². The molecule has 1 aromatic carbocycles. The molecule has 7 heteroatoms. The summed E-state index contributed by atoms with van der Waals surface area (Å²) in [4.78, 5) is 22.6. The molecule has 0 saturated heterocycles. The van der Waals surface area contributed by atoms with E-state index in [9.17, 15) is 9.59 Å². The molecule has 0 aromatic heterocycles. The fourth-order valence-electron chi connectivity index (χ4n) is 1.85. The van der Waals surface area contributed by atoms with Crippen molar-refractivity contribution < 1.29 is 14.7 Å². The van der Waals surface area contributed by atoms with Crippen LogP contribution in [0.5, 0.6) is 0 Å². The molecule has 1 unspecified atom stereocenters. The minimum atomic E-state index is -0.978. The average molecular weight is 310 g/mol. The molecule has 0 bridgehead atoms. The van der Waals surface area contributed by atoms with Crippen LogP contribution < -0.4 is 10.6 Å². The molecule has 1 aromatic rings. The Hall–Kier alpha value is -2.26. The Morgan fingerprint density at radius 1 is 1.48 bits per heavy atom. The lowest BCUT2D eigenvalue weighted by molar-refractivity contribution is -0.137. The highest BCUT2D eigenvalue weighted by Gasteiger charge is 2.16. The van der Waals surface area contributed by atoms with Crippen molar-refractivity contribution in [3.05, 3.63) is 28.8 Å². The van der Waals surface area contributed by atoms with Gasteiger partial charge in [0.2, 0.25) is 0 Å². The van der Waals surface area contributed by atoms with Crippen LogP contribution in [0.4, 0.5) is 10.5 Å². The number of halogens is 1. The van der Waals surface area contributed by atoms with Crippen molar-refractivity contribution >= 4 is 29.3 Å². The predicted molar refractivity (Wildman–Crippen MR) is 79.3 cm³/mol. The first-order chi connectivity index (χ1) is 9.96. The van der Waals surface area contributed by atoms with Crippen molar-refractivity contribution in [3.63, 3.8) is 0 Å². The van der Waals surface area contributed by atoms with Crippen LogP contribution in [-0.4, -0.2) is 23.1 Å². The Balaban J connectivity index is 2.74. The van der Waals surface area contributed by atoms with Gasteiger partial charge in [0.15, 0.2) is 0 Å². The van der Waals surface area contributed by atoms with Crippen LogP contribution in [0.3, 0.4) is 0 Å². The molecular weight excluding hydrogens is 294 g/mol. The molecule has 0 spiro atoms. The molecule has 0 radical (unpaired) electrons. The lowest BCUT2D eigenvalue weighted by Gasteiger charge is -2.17. The molecule has 0 heterocycles. The number of carboxylic acid groups (broad SMARTS) is 1. The lowest BCUT2D eigenvalue weighted by Crippen LogP contribution is -2.39. The second-order valence-corrected chi connectivity index (χ2v) is 4.92. The van der Waals surface area contributed by atoms with Gasteiger partial charge < -0.3 is 15.7 Å². The minimum Gasteiger partial charge on any atom is -0.481 e. The third-order valence-electron chi connectivity index (χ3n) is 2.74. The number of nitrogens with zero attached hydrogens (tertiary/aromatic N) is 1. The number of hydrogen-bond donors (Lipinski definition) is 3. The molecule has 2 amide bonds. The molecule has 0 saturated carbocycles. The van der Waals surface area contributed by atoms with Gasteiger partial charge in [0.25, 0.3) is 0 Å². The van der Waals surface area contributed by atoms with Gasteiger partial charge in [0.1, 0.15) is 6.07 Å². The molecule has 0 aliphatic heterocycles. The predicted octanol–water partition coefficient (Wildman–Crippen LogP) is 2.98. The van der Waals surface area contributed by atoms with Crippen LogP contribution in [0.25, 0.3) is 0 Å². The largest absolute Gasteiger partial charge is 0.481 e. The van der Waals surface area contributed by atoms with Gasteiger partial charge in [-0.05, 0) is 24.6 Å². The monoisotopic (exact) mass is 309 g/mol. The second-order valence-electron chi connectivity index (χ2n) is 4.48. The summed E-state index contributed by atoms with van der Waals surface area (Å²) in [5.74, 6) is -0.978. The number of rotatable bonds is 6. The first kappa shape index (κ1) is 16.8. The Kier molecular flexibility index (Phi) is 6.50. The van der Waals surface area contributed by atoms with E-state index in [4.69, 9.17) is 22.0 Å². The number of anilines is 1. The van der Waals surface area contributed by atoms with Gasteiger partial charge in [-0.15, -0.1) is 0 Å². The maximum Gasteiger partial charge on any atom is 0.319 e. The van der Waals surface area contributed by atoms with E-state index in [0.717, 1.165) is 6.42 Å². The summed E-state index contributed by atoms with van der Waals surface area (Å²) in [5.41, 5.74) is 0.563. The maximum atomic E-state index is 11.9. The molecular formula is C14H16ClN3O3. The SMILES string of the molecule is CCCC(CC(=O)O)NC(=O)Nc1cc(Cl)ccc1C#N. The Morgan fingerprint density at radius 2 is 2.19 bits per heavy atom. The van der Waals surface area contributed by atoms with Gasteiger partial charge in [-0.1, -0.05) is 24.9 Å². The fraction of sp³-hybridized carbons (Fsp3) is 0.357. The van der Waals surface area contributed by atoms with E-state index in [-0.39, 0.29) is 17.7 Å². The van der Waals surface area contributed by atoms with Crippen LogP contribution >= 0.6 is 11.6 Å². The first-order valence-corrected chi connectivity index (χ1v) is 6.83. The van der Waals surface area contributed by atoms with Gasteiger partial charge in [0.05, 0.1) is 17.7 Å². The second kappa shape index (κ2) is 8.12. The molecule has 6 nitrogen and oxygen atoms in total. The maximum absolute atomic E-state index is 11.9. The number of nitrogens with one attached hydrogen (secondary N) is 2. The highest BCUT2D eigenvalue weighted by atomic mass is 35.5. The molecule has 3 N–H and O–H groups in total. The zero-order valence-corrected chi connectivity index (χ0v) is 12.3. The quantitative estimate of drug-likeness (QED) is 0.751. The van der Waals surface area contributed by atoms with E-state index < -0.39 is 18.0 Å². The smallest absolute Gasteiger partial charge is 0.319 e. The van der Waals surface area contributed by atoms with Gasteiger partial charge in [0, 0.05) is 11.1 Å². The topological polar surface area (TPSA) is 102 Å². The van der Waals surface area contributed by atoms with Crippen LogP contribution in [0.15, 0.2) is 18.2 Å². The van der Waals surface area contributed by atoms with Crippen molar-refractivity contribution in [2.75, 3.05) is 5.32 Å². The number of aliphatic carboxylic acids is 1. The zero-order chi connectivity index (χ0) is 15.8. The summed E-state index contributed by atoms with van der Waals surface area (Å²) in [6.45, 7) is 1.90. The van der Waals surface area contributed by atoms with Crippen molar-refractivity contribution in [2.24, 2.45) is 0 Å². The van der Waals surface area contributed by atoms with Gasteiger partial charge in [-0.3, -0.25) is 4.79 Å². The Morgan fingerprint density at radius 3 is 2.76 bits per heavy atom. The van der Waals surface area contributed by atoms with E-state index >= 15 is 0 Å². The number of carbonyl (C=O) groups excluding carboxylic acids is 1. The highest BCUT2D eigenvalue weighted by Crippen LogP contribution is 2.20.